The minimum Gasteiger partial charge on any atom is -0.368 e. The van der Waals surface area contributed by atoms with Crippen molar-refractivity contribution in [3.05, 3.63) is 0 Å². The summed E-state index contributed by atoms with van der Waals surface area (Å²) in [6, 6.07) is 0.270. The van der Waals surface area contributed by atoms with Gasteiger partial charge in [-0.3, -0.25) is 4.79 Å². The van der Waals surface area contributed by atoms with E-state index in [0.29, 0.717) is 0 Å². The smallest absolute Gasteiger partial charge is 0.249 e. The number of amides is 1. The summed E-state index contributed by atoms with van der Waals surface area (Å²) in [7, 11) is 0. The monoisotopic (exact) mass is 226 g/mol. The summed E-state index contributed by atoms with van der Waals surface area (Å²) in [5.41, 5.74) is 6.07. The number of nitrogens with two attached hydrogens (primary N) is 1. The summed E-state index contributed by atoms with van der Waals surface area (Å²) in [6.45, 7) is 0.717. The molecular formula is C12H22N2O2. The second-order valence-corrected chi connectivity index (χ2v) is 4.92. The van der Waals surface area contributed by atoms with Crippen LogP contribution >= 0.6 is 0 Å². The fraction of sp³-hybridized carbons (Fsp3) is 0.917. The van der Waals surface area contributed by atoms with Gasteiger partial charge in [0, 0.05) is 18.7 Å². The number of hydrogen-bond donors (Lipinski definition) is 2. The Morgan fingerprint density at radius 2 is 1.94 bits per heavy atom. The van der Waals surface area contributed by atoms with E-state index in [1.165, 1.54) is 19.3 Å². The first-order valence-electron chi connectivity index (χ1n) is 6.45. The molecule has 1 saturated carbocycles. The average molecular weight is 226 g/mol. The van der Waals surface area contributed by atoms with Crippen LogP contribution in [-0.2, 0) is 9.53 Å². The third kappa shape index (κ3) is 2.95. The number of ether oxygens (including phenoxy) is 1. The van der Waals surface area contributed by atoms with E-state index in [-0.39, 0.29) is 24.1 Å². The molecular weight excluding hydrogens is 204 g/mol. The van der Waals surface area contributed by atoms with E-state index in [2.05, 4.69) is 5.32 Å². The lowest BCUT2D eigenvalue weighted by molar-refractivity contribution is -0.131. The van der Waals surface area contributed by atoms with Crippen molar-refractivity contribution in [1.82, 2.24) is 5.32 Å². The molecule has 0 aromatic rings. The van der Waals surface area contributed by atoms with Gasteiger partial charge in [-0.2, -0.15) is 0 Å². The Labute approximate surface area is 96.9 Å². The third-order valence-electron chi connectivity index (χ3n) is 3.62. The van der Waals surface area contributed by atoms with Crippen LogP contribution in [0.3, 0.4) is 0 Å². The minimum absolute atomic E-state index is 0.0415. The molecule has 2 aliphatic rings. The highest BCUT2D eigenvalue weighted by molar-refractivity contribution is 5.81. The maximum Gasteiger partial charge on any atom is 0.249 e. The number of carbonyl (C=O) groups excluding carboxylic acids is 1. The van der Waals surface area contributed by atoms with Crippen molar-refractivity contribution in [3.63, 3.8) is 0 Å². The quantitative estimate of drug-likeness (QED) is 0.689. The van der Waals surface area contributed by atoms with E-state index in [1.54, 1.807) is 0 Å². The van der Waals surface area contributed by atoms with Gasteiger partial charge in [-0.25, -0.2) is 0 Å². The number of nitrogens with one attached hydrogen (secondary N) is 1. The van der Waals surface area contributed by atoms with Crippen LogP contribution in [0.25, 0.3) is 0 Å². The van der Waals surface area contributed by atoms with E-state index in [9.17, 15) is 4.79 Å². The van der Waals surface area contributed by atoms with Gasteiger partial charge in [-0.15, -0.1) is 0 Å². The van der Waals surface area contributed by atoms with Crippen LogP contribution in [0.2, 0.25) is 0 Å². The van der Waals surface area contributed by atoms with E-state index in [4.69, 9.17) is 10.5 Å². The highest BCUT2D eigenvalue weighted by Crippen LogP contribution is 2.18. The molecule has 16 heavy (non-hydrogen) atoms. The highest BCUT2D eigenvalue weighted by Gasteiger charge is 2.28. The average Bonchev–Trinajstić information content (AvgIpc) is 2.73. The first kappa shape index (κ1) is 11.9. The molecule has 1 aliphatic carbocycles. The van der Waals surface area contributed by atoms with Crippen LogP contribution in [0.15, 0.2) is 0 Å². The summed E-state index contributed by atoms with van der Waals surface area (Å²) in [6.07, 6.45) is 7.26. The van der Waals surface area contributed by atoms with Gasteiger partial charge in [0.05, 0.1) is 0 Å². The normalized spacial score (nSPS) is 35.7. The lowest BCUT2D eigenvalue weighted by Gasteiger charge is -2.24. The Balaban J connectivity index is 1.84. The third-order valence-corrected chi connectivity index (χ3v) is 3.62. The fourth-order valence-corrected chi connectivity index (χ4v) is 2.58. The predicted molar refractivity (Wildman–Crippen MR) is 62.0 cm³/mol. The molecule has 2 fully saturated rings. The topological polar surface area (TPSA) is 64.3 Å². The summed E-state index contributed by atoms with van der Waals surface area (Å²) in [4.78, 5) is 11.9. The summed E-state index contributed by atoms with van der Waals surface area (Å²) in [5.74, 6) is 0.0415. The fourth-order valence-electron chi connectivity index (χ4n) is 2.58. The molecule has 1 heterocycles. The molecule has 3 N–H and O–H groups in total. The summed E-state index contributed by atoms with van der Waals surface area (Å²) >= 11 is 0. The highest BCUT2D eigenvalue weighted by atomic mass is 16.5. The van der Waals surface area contributed by atoms with Crippen LogP contribution < -0.4 is 11.1 Å². The maximum absolute atomic E-state index is 11.9. The zero-order valence-corrected chi connectivity index (χ0v) is 9.78. The predicted octanol–water partition coefficient (Wildman–Crippen LogP) is 0.942. The van der Waals surface area contributed by atoms with Crippen molar-refractivity contribution in [3.8, 4) is 0 Å². The van der Waals surface area contributed by atoms with Gasteiger partial charge in [0.25, 0.3) is 0 Å². The van der Waals surface area contributed by atoms with Gasteiger partial charge < -0.3 is 15.8 Å². The van der Waals surface area contributed by atoms with Crippen molar-refractivity contribution < 1.29 is 9.53 Å². The maximum atomic E-state index is 11.9. The Kier molecular flexibility index (Phi) is 4.18. The molecule has 0 aromatic carbocycles. The van der Waals surface area contributed by atoms with E-state index in [0.717, 1.165) is 32.3 Å². The van der Waals surface area contributed by atoms with Crippen molar-refractivity contribution in [2.75, 3.05) is 6.61 Å². The minimum atomic E-state index is -0.226. The van der Waals surface area contributed by atoms with Gasteiger partial charge in [0.2, 0.25) is 5.91 Å². The van der Waals surface area contributed by atoms with Crippen molar-refractivity contribution >= 4 is 5.91 Å². The zero-order chi connectivity index (χ0) is 11.4. The first-order valence-corrected chi connectivity index (χ1v) is 6.45. The van der Waals surface area contributed by atoms with Crippen LogP contribution in [-0.4, -0.2) is 30.7 Å². The Hall–Kier alpha value is -0.610. The summed E-state index contributed by atoms with van der Waals surface area (Å²) in [5, 5.41) is 3.06. The number of carbonyl (C=O) groups is 1. The Bertz CT molecular complexity index is 239. The SMILES string of the molecule is NC1CCCCCC1NC(=O)[C@@H]1CCCO1. The van der Waals surface area contributed by atoms with Gasteiger partial charge >= 0.3 is 0 Å². The summed E-state index contributed by atoms with van der Waals surface area (Å²) < 4.78 is 5.37. The van der Waals surface area contributed by atoms with E-state index in [1.807, 2.05) is 0 Å². The lowest BCUT2D eigenvalue weighted by atomic mass is 10.0. The van der Waals surface area contributed by atoms with Gasteiger partial charge in [-0.05, 0) is 25.7 Å². The van der Waals surface area contributed by atoms with Crippen molar-refractivity contribution in [2.24, 2.45) is 5.73 Å². The van der Waals surface area contributed by atoms with E-state index < -0.39 is 0 Å². The largest absolute Gasteiger partial charge is 0.368 e. The molecule has 4 nitrogen and oxygen atoms in total. The molecule has 1 aliphatic heterocycles. The molecule has 2 unspecified atom stereocenters. The first-order chi connectivity index (χ1) is 7.77. The molecule has 1 amide bonds. The Morgan fingerprint density at radius 1 is 1.12 bits per heavy atom. The Morgan fingerprint density at radius 3 is 2.69 bits per heavy atom. The molecule has 3 atom stereocenters. The van der Waals surface area contributed by atoms with Crippen LogP contribution in [0, 0.1) is 0 Å². The van der Waals surface area contributed by atoms with Crippen molar-refractivity contribution in [1.29, 1.82) is 0 Å². The second-order valence-electron chi connectivity index (χ2n) is 4.92. The van der Waals surface area contributed by atoms with Gasteiger partial charge in [0.15, 0.2) is 0 Å². The molecule has 0 aromatic heterocycles. The van der Waals surface area contributed by atoms with Gasteiger partial charge in [0.1, 0.15) is 6.10 Å². The number of rotatable bonds is 2. The molecule has 1 saturated heterocycles. The second kappa shape index (κ2) is 5.64. The molecule has 0 radical (unpaired) electrons. The standard InChI is InChI=1S/C12H22N2O2/c13-9-5-2-1-3-6-10(9)14-12(15)11-7-4-8-16-11/h9-11H,1-8,13H2,(H,14,15)/t9?,10?,11-/m0/s1. The van der Waals surface area contributed by atoms with Crippen molar-refractivity contribution in [2.45, 2.75) is 63.1 Å². The molecule has 4 heteroatoms. The van der Waals surface area contributed by atoms with Crippen LogP contribution in [0.4, 0.5) is 0 Å². The lowest BCUT2D eigenvalue weighted by Crippen LogP contribution is -2.49. The van der Waals surface area contributed by atoms with E-state index >= 15 is 0 Å². The zero-order valence-electron chi connectivity index (χ0n) is 9.78. The van der Waals surface area contributed by atoms with Crippen LogP contribution in [0.5, 0.6) is 0 Å². The molecule has 2 rings (SSSR count). The van der Waals surface area contributed by atoms with Crippen LogP contribution in [0.1, 0.15) is 44.9 Å². The number of hydrogen-bond acceptors (Lipinski definition) is 3. The molecule has 92 valence electrons. The molecule has 0 spiro atoms. The molecule has 0 bridgehead atoms. The van der Waals surface area contributed by atoms with Gasteiger partial charge in [-0.1, -0.05) is 19.3 Å².